The molecule has 5 nitrogen and oxygen atoms in total. The number of carbonyl (C=O) groups excluding carboxylic acids is 1. The fourth-order valence-electron chi connectivity index (χ4n) is 3.39. The molecule has 1 N–H and O–H groups in total. The van der Waals surface area contributed by atoms with Crippen molar-refractivity contribution in [2.24, 2.45) is 0 Å². The molecular formula is C18H27N3O2. The number of hydrogen-bond donors (Lipinski definition) is 1. The van der Waals surface area contributed by atoms with Crippen LogP contribution in [0, 0.1) is 0 Å². The van der Waals surface area contributed by atoms with Gasteiger partial charge in [0.15, 0.2) is 0 Å². The van der Waals surface area contributed by atoms with E-state index in [4.69, 9.17) is 4.74 Å². The molecule has 1 aromatic carbocycles. The quantitative estimate of drug-likeness (QED) is 0.896. The number of rotatable bonds is 5. The van der Waals surface area contributed by atoms with Crippen LogP contribution in [0.5, 0.6) is 5.75 Å². The molecule has 0 radical (unpaired) electrons. The van der Waals surface area contributed by atoms with E-state index in [1.165, 1.54) is 6.42 Å². The fourth-order valence-corrected chi connectivity index (χ4v) is 3.39. The van der Waals surface area contributed by atoms with Gasteiger partial charge in [0.1, 0.15) is 5.75 Å². The summed E-state index contributed by atoms with van der Waals surface area (Å²) in [7, 11) is 0. The number of benzene rings is 1. The van der Waals surface area contributed by atoms with Crippen LogP contribution < -0.4 is 10.1 Å². The Morgan fingerprint density at radius 3 is 2.74 bits per heavy atom. The summed E-state index contributed by atoms with van der Waals surface area (Å²) in [6, 6.07) is 8.25. The summed E-state index contributed by atoms with van der Waals surface area (Å²) in [5.41, 5.74) is 0.692. The maximum Gasteiger partial charge on any atom is 0.257 e. The molecule has 0 aliphatic carbocycles. The molecule has 2 saturated heterocycles. The van der Waals surface area contributed by atoms with Crippen molar-refractivity contribution in [1.29, 1.82) is 0 Å². The summed E-state index contributed by atoms with van der Waals surface area (Å²) in [6.07, 6.45) is 2.16. The van der Waals surface area contributed by atoms with E-state index in [9.17, 15) is 4.79 Å². The minimum atomic E-state index is 0.0981. The zero-order chi connectivity index (χ0) is 16.1. The summed E-state index contributed by atoms with van der Waals surface area (Å²) in [4.78, 5) is 17.3. The minimum absolute atomic E-state index is 0.0981. The molecule has 0 spiro atoms. The summed E-state index contributed by atoms with van der Waals surface area (Å²) in [5, 5.41) is 3.42. The van der Waals surface area contributed by atoms with Crippen molar-refractivity contribution < 1.29 is 9.53 Å². The van der Waals surface area contributed by atoms with Crippen molar-refractivity contribution in [1.82, 2.24) is 15.1 Å². The maximum absolute atomic E-state index is 12.8. The minimum Gasteiger partial charge on any atom is -0.493 e. The van der Waals surface area contributed by atoms with E-state index in [2.05, 4.69) is 17.1 Å². The van der Waals surface area contributed by atoms with E-state index < -0.39 is 0 Å². The SMILES string of the molecule is CCCOc1ccccc1C(=O)N1CCN([C@@H]2CCNC2)CC1. The second-order valence-corrected chi connectivity index (χ2v) is 6.32. The van der Waals surface area contributed by atoms with Crippen molar-refractivity contribution >= 4 is 5.91 Å². The van der Waals surface area contributed by atoms with Crippen molar-refractivity contribution in [3.8, 4) is 5.75 Å². The molecule has 1 aromatic rings. The summed E-state index contributed by atoms with van der Waals surface area (Å²) < 4.78 is 5.73. The Morgan fingerprint density at radius 1 is 1.26 bits per heavy atom. The van der Waals surface area contributed by atoms with Crippen LogP contribution in [0.1, 0.15) is 30.1 Å². The van der Waals surface area contributed by atoms with Crippen molar-refractivity contribution in [2.45, 2.75) is 25.8 Å². The summed E-state index contributed by atoms with van der Waals surface area (Å²) in [5.74, 6) is 0.808. The number of ether oxygens (including phenoxy) is 1. The Bertz CT molecular complexity index is 521. The van der Waals surface area contributed by atoms with Crippen molar-refractivity contribution in [3.05, 3.63) is 29.8 Å². The van der Waals surface area contributed by atoms with Crippen LogP contribution in [0.3, 0.4) is 0 Å². The van der Waals surface area contributed by atoms with Gasteiger partial charge in [-0.25, -0.2) is 0 Å². The van der Waals surface area contributed by atoms with Crippen LogP contribution >= 0.6 is 0 Å². The molecular weight excluding hydrogens is 290 g/mol. The average Bonchev–Trinajstić information content (AvgIpc) is 3.14. The number of piperazine rings is 1. The highest BCUT2D eigenvalue weighted by atomic mass is 16.5. The van der Waals surface area contributed by atoms with Gasteiger partial charge in [-0.2, -0.15) is 0 Å². The van der Waals surface area contributed by atoms with Gasteiger partial charge in [-0.05, 0) is 31.5 Å². The summed E-state index contributed by atoms with van der Waals surface area (Å²) >= 11 is 0. The average molecular weight is 317 g/mol. The fraction of sp³-hybridized carbons (Fsp3) is 0.611. The van der Waals surface area contributed by atoms with Crippen LogP contribution in [0.15, 0.2) is 24.3 Å². The lowest BCUT2D eigenvalue weighted by atomic mass is 10.1. The van der Waals surface area contributed by atoms with E-state index in [-0.39, 0.29) is 5.91 Å². The predicted molar refractivity (Wildman–Crippen MR) is 91.0 cm³/mol. The smallest absolute Gasteiger partial charge is 0.257 e. The molecule has 5 heteroatoms. The van der Waals surface area contributed by atoms with Gasteiger partial charge in [-0.3, -0.25) is 9.69 Å². The molecule has 1 amide bonds. The molecule has 2 heterocycles. The van der Waals surface area contributed by atoms with E-state index in [1.54, 1.807) is 0 Å². The first-order valence-electron chi connectivity index (χ1n) is 8.75. The molecule has 1 atom stereocenters. The lowest BCUT2D eigenvalue weighted by molar-refractivity contribution is 0.0580. The second-order valence-electron chi connectivity index (χ2n) is 6.32. The number of nitrogens with one attached hydrogen (secondary N) is 1. The molecule has 2 aliphatic rings. The topological polar surface area (TPSA) is 44.8 Å². The largest absolute Gasteiger partial charge is 0.493 e. The van der Waals surface area contributed by atoms with Gasteiger partial charge in [-0.15, -0.1) is 0 Å². The van der Waals surface area contributed by atoms with Gasteiger partial charge in [-0.1, -0.05) is 19.1 Å². The molecule has 0 unspecified atom stereocenters. The highest BCUT2D eigenvalue weighted by Crippen LogP contribution is 2.21. The highest BCUT2D eigenvalue weighted by Gasteiger charge is 2.28. The van der Waals surface area contributed by atoms with Crippen LogP contribution in [-0.2, 0) is 0 Å². The van der Waals surface area contributed by atoms with E-state index in [0.717, 1.165) is 45.7 Å². The van der Waals surface area contributed by atoms with E-state index in [1.807, 2.05) is 29.2 Å². The molecule has 0 saturated carbocycles. The zero-order valence-electron chi connectivity index (χ0n) is 14.0. The van der Waals surface area contributed by atoms with Crippen molar-refractivity contribution in [3.63, 3.8) is 0 Å². The van der Waals surface area contributed by atoms with E-state index >= 15 is 0 Å². The number of carbonyl (C=O) groups is 1. The summed E-state index contributed by atoms with van der Waals surface area (Å²) in [6.45, 7) is 8.46. The number of amides is 1. The van der Waals surface area contributed by atoms with Crippen LogP contribution in [0.25, 0.3) is 0 Å². The molecule has 126 valence electrons. The number of hydrogen-bond acceptors (Lipinski definition) is 4. The molecule has 23 heavy (non-hydrogen) atoms. The van der Waals surface area contributed by atoms with Crippen LogP contribution in [0.2, 0.25) is 0 Å². The van der Waals surface area contributed by atoms with Gasteiger partial charge in [0.05, 0.1) is 12.2 Å². The predicted octanol–water partition coefficient (Wildman–Crippen LogP) is 1.60. The highest BCUT2D eigenvalue weighted by molar-refractivity contribution is 5.97. The normalized spacial score (nSPS) is 22.3. The van der Waals surface area contributed by atoms with Gasteiger partial charge >= 0.3 is 0 Å². The number of para-hydroxylation sites is 1. The number of nitrogens with zero attached hydrogens (tertiary/aromatic N) is 2. The Balaban J connectivity index is 1.61. The lowest BCUT2D eigenvalue weighted by Gasteiger charge is -2.38. The molecule has 2 fully saturated rings. The first-order chi connectivity index (χ1) is 11.3. The first kappa shape index (κ1) is 16.3. The third-order valence-electron chi connectivity index (χ3n) is 4.73. The van der Waals surface area contributed by atoms with Crippen LogP contribution in [-0.4, -0.2) is 67.6 Å². The van der Waals surface area contributed by atoms with Gasteiger partial charge in [0, 0.05) is 38.8 Å². The van der Waals surface area contributed by atoms with Gasteiger partial charge in [0.2, 0.25) is 0 Å². The first-order valence-corrected chi connectivity index (χ1v) is 8.75. The van der Waals surface area contributed by atoms with Gasteiger partial charge < -0.3 is 15.0 Å². The monoisotopic (exact) mass is 317 g/mol. The molecule has 0 bridgehead atoms. The standard InChI is InChI=1S/C18H27N3O2/c1-2-13-23-17-6-4-3-5-16(17)18(22)21-11-9-20(10-12-21)15-7-8-19-14-15/h3-6,15,19H,2,7-14H2,1H3/t15-/m1/s1. The third-order valence-corrected chi connectivity index (χ3v) is 4.73. The van der Waals surface area contributed by atoms with Gasteiger partial charge in [0.25, 0.3) is 5.91 Å². The Morgan fingerprint density at radius 2 is 2.04 bits per heavy atom. The molecule has 3 rings (SSSR count). The second kappa shape index (κ2) is 7.79. The molecule has 0 aromatic heterocycles. The van der Waals surface area contributed by atoms with Crippen molar-refractivity contribution in [2.75, 3.05) is 45.9 Å². The Hall–Kier alpha value is -1.59. The Kier molecular flexibility index (Phi) is 5.51. The maximum atomic E-state index is 12.8. The Labute approximate surface area is 138 Å². The lowest BCUT2D eigenvalue weighted by Crippen LogP contribution is -2.52. The molecule has 2 aliphatic heterocycles. The van der Waals surface area contributed by atoms with E-state index in [0.29, 0.717) is 24.0 Å². The zero-order valence-corrected chi connectivity index (χ0v) is 14.0. The third kappa shape index (κ3) is 3.85. The van der Waals surface area contributed by atoms with Crippen LogP contribution in [0.4, 0.5) is 0 Å².